The molecule has 0 N–H and O–H groups in total. The van der Waals surface area contributed by atoms with Crippen molar-refractivity contribution < 1.29 is 0 Å². The molecule has 0 saturated carbocycles. The summed E-state index contributed by atoms with van der Waals surface area (Å²) in [6.45, 7) is 22.5. The van der Waals surface area contributed by atoms with E-state index in [-0.39, 0.29) is 0 Å². The molecule has 0 radical (unpaired) electrons. The third-order valence-electron chi connectivity index (χ3n) is 5.55. The van der Waals surface area contributed by atoms with Crippen molar-refractivity contribution in [2.45, 2.75) is 20.8 Å². The van der Waals surface area contributed by atoms with Crippen LogP contribution >= 0.6 is 0 Å². The van der Waals surface area contributed by atoms with Gasteiger partial charge in [0.15, 0.2) is 0 Å². The van der Waals surface area contributed by atoms with Crippen LogP contribution in [0.3, 0.4) is 0 Å². The molecular weight excluding hydrogens is 326 g/mol. The number of aliphatic imine (C=N–C) groups is 1. The summed E-state index contributed by atoms with van der Waals surface area (Å²) < 4.78 is 0. The molecule has 0 bridgehead atoms. The second kappa shape index (κ2) is 8.18. The lowest BCUT2D eigenvalue weighted by Gasteiger charge is -2.34. The zero-order valence-electron chi connectivity index (χ0n) is 17.0. The molecule has 0 aliphatic heterocycles. The molecule has 0 aromatic carbocycles. The van der Waals surface area contributed by atoms with Gasteiger partial charge in [0, 0.05) is 18.8 Å². The lowest BCUT2D eigenvalue weighted by atomic mass is 9.67. The molecule has 27 heavy (non-hydrogen) atoms. The maximum atomic E-state index is 4.30. The molecule has 2 aliphatic rings. The maximum absolute atomic E-state index is 4.30. The van der Waals surface area contributed by atoms with Gasteiger partial charge in [0.1, 0.15) is 0 Å². The van der Waals surface area contributed by atoms with Gasteiger partial charge in [-0.05, 0) is 59.8 Å². The summed E-state index contributed by atoms with van der Waals surface area (Å²) in [5, 5.41) is 0. The van der Waals surface area contributed by atoms with Crippen LogP contribution in [0.1, 0.15) is 20.8 Å². The van der Waals surface area contributed by atoms with Gasteiger partial charge in [0.05, 0.1) is 5.41 Å². The Morgan fingerprint density at radius 1 is 0.741 bits per heavy atom. The first-order chi connectivity index (χ1) is 13.0. The van der Waals surface area contributed by atoms with Crippen molar-refractivity contribution >= 4 is 6.21 Å². The Kier molecular flexibility index (Phi) is 6.17. The van der Waals surface area contributed by atoms with Gasteiger partial charge in [0.2, 0.25) is 0 Å². The van der Waals surface area contributed by atoms with Crippen molar-refractivity contribution in [2.24, 2.45) is 10.4 Å². The van der Waals surface area contributed by atoms with Crippen molar-refractivity contribution in [1.29, 1.82) is 0 Å². The Balaban J connectivity index is 3.04. The van der Waals surface area contributed by atoms with E-state index in [9.17, 15) is 0 Å². The first kappa shape index (κ1) is 20.4. The van der Waals surface area contributed by atoms with Crippen LogP contribution in [-0.4, -0.2) is 13.3 Å². The van der Waals surface area contributed by atoms with Gasteiger partial charge in [0.25, 0.3) is 0 Å². The van der Waals surface area contributed by atoms with E-state index in [1.54, 1.807) is 13.1 Å². The molecule has 1 atom stereocenters. The van der Waals surface area contributed by atoms with Crippen LogP contribution < -0.4 is 0 Å². The summed E-state index contributed by atoms with van der Waals surface area (Å²) in [6, 6.07) is 0. The highest BCUT2D eigenvalue weighted by atomic mass is 14.6. The molecule has 1 nitrogen and oxygen atoms in total. The Hall–Kier alpha value is -2.93. The second-order valence-corrected chi connectivity index (χ2v) is 6.68. The quantitative estimate of drug-likeness (QED) is 0.351. The van der Waals surface area contributed by atoms with Gasteiger partial charge in [-0.1, -0.05) is 74.9 Å². The number of rotatable bonds is 7. The molecule has 0 aromatic rings. The van der Waals surface area contributed by atoms with E-state index in [2.05, 4.69) is 64.2 Å². The first-order valence-electron chi connectivity index (χ1n) is 9.12. The normalized spacial score (nSPS) is 23.3. The molecule has 0 amide bonds. The molecule has 1 heteroatoms. The summed E-state index contributed by atoms with van der Waals surface area (Å²) in [5.74, 6) is 0. The molecule has 0 heterocycles. The predicted molar refractivity (Wildman–Crippen MR) is 121 cm³/mol. The molecule has 138 valence electrons. The largest absolute Gasteiger partial charge is 0.296 e. The average Bonchev–Trinajstić information content (AvgIpc) is 3.01. The van der Waals surface area contributed by atoms with E-state index in [4.69, 9.17) is 0 Å². The SMILES string of the molecule is C=C/C=C\C1=C(C)C2(C(C=C)=C1C)C(C=C)=C(/C=N/C)C(C)=C2/C=C\C=C. The van der Waals surface area contributed by atoms with Crippen LogP contribution in [0.25, 0.3) is 0 Å². The predicted octanol–water partition coefficient (Wildman–Crippen LogP) is 6.80. The van der Waals surface area contributed by atoms with Crippen LogP contribution in [0.15, 0.2) is 125 Å². The zero-order chi connectivity index (χ0) is 20.2. The molecule has 1 unspecified atom stereocenters. The number of allylic oxidation sites excluding steroid dienone is 16. The highest BCUT2D eigenvalue weighted by molar-refractivity contribution is 5.93. The van der Waals surface area contributed by atoms with Crippen LogP contribution in [0, 0.1) is 5.41 Å². The number of hydrogen-bond acceptors (Lipinski definition) is 1. The highest BCUT2D eigenvalue weighted by Crippen LogP contribution is 2.62. The van der Waals surface area contributed by atoms with Crippen molar-refractivity contribution in [3.63, 3.8) is 0 Å². The third-order valence-corrected chi connectivity index (χ3v) is 5.55. The van der Waals surface area contributed by atoms with Crippen molar-refractivity contribution in [1.82, 2.24) is 0 Å². The summed E-state index contributed by atoms with van der Waals surface area (Å²) in [4.78, 5) is 4.30. The third kappa shape index (κ3) is 2.84. The minimum absolute atomic E-state index is 0.394. The Labute approximate surface area is 164 Å². The van der Waals surface area contributed by atoms with E-state index in [0.717, 1.165) is 11.1 Å². The maximum Gasteiger partial charge on any atom is 0.0679 e. The zero-order valence-corrected chi connectivity index (χ0v) is 17.0. The second-order valence-electron chi connectivity index (χ2n) is 6.68. The van der Waals surface area contributed by atoms with Gasteiger partial charge in [-0.25, -0.2) is 0 Å². The summed E-state index contributed by atoms with van der Waals surface area (Å²) in [7, 11) is 1.80. The van der Waals surface area contributed by atoms with Gasteiger partial charge in [-0.15, -0.1) is 0 Å². The van der Waals surface area contributed by atoms with E-state index in [0.29, 0.717) is 0 Å². The minimum Gasteiger partial charge on any atom is -0.296 e. The van der Waals surface area contributed by atoms with E-state index in [1.807, 2.05) is 36.6 Å². The Morgan fingerprint density at radius 2 is 1.30 bits per heavy atom. The Bertz CT molecular complexity index is 919. The van der Waals surface area contributed by atoms with Crippen LogP contribution in [0.2, 0.25) is 0 Å². The van der Waals surface area contributed by atoms with Gasteiger partial charge in [-0.3, -0.25) is 4.99 Å². The van der Waals surface area contributed by atoms with E-state index < -0.39 is 5.41 Å². The smallest absolute Gasteiger partial charge is 0.0679 e. The number of nitrogens with zero attached hydrogens (tertiary/aromatic N) is 1. The minimum atomic E-state index is -0.394. The van der Waals surface area contributed by atoms with Crippen LogP contribution in [0.5, 0.6) is 0 Å². The molecular formula is C26H29N. The molecule has 0 fully saturated rings. The average molecular weight is 356 g/mol. The molecule has 2 rings (SSSR count). The molecule has 2 aliphatic carbocycles. The highest BCUT2D eigenvalue weighted by Gasteiger charge is 2.50. The molecule has 1 spiro atoms. The summed E-state index contributed by atoms with van der Waals surface area (Å²) in [5.41, 5.74) is 9.22. The molecule has 0 aromatic heterocycles. The van der Waals surface area contributed by atoms with Crippen molar-refractivity contribution in [3.05, 3.63) is 120 Å². The standard InChI is InChI=1S/C26H29N/c1-9-13-15-21-18(5)23(11-3)26(20(21)7)24(12-4)22(17-27-8)19(6)25(26)16-14-10-2/h9-17H,1-4H2,5-8H3/b15-13-,16-14-,27-17+. The van der Waals surface area contributed by atoms with Crippen molar-refractivity contribution in [3.8, 4) is 0 Å². The Morgan fingerprint density at radius 3 is 1.81 bits per heavy atom. The fourth-order valence-corrected chi connectivity index (χ4v) is 4.47. The topological polar surface area (TPSA) is 12.4 Å². The lowest BCUT2D eigenvalue weighted by Crippen LogP contribution is -2.24. The summed E-state index contributed by atoms with van der Waals surface area (Å²) in [6.07, 6.45) is 17.8. The fourth-order valence-electron chi connectivity index (χ4n) is 4.47. The first-order valence-corrected chi connectivity index (χ1v) is 9.12. The summed E-state index contributed by atoms with van der Waals surface area (Å²) >= 11 is 0. The van der Waals surface area contributed by atoms with Crippen LogP contribution in [0.4, 0.5) is 0 Å². The monoisotopic (exact) mass is 355 g/mol. The molecule has 0 saturated heterocycles. The van der Waals surface area contributed by atoms with E-state index >= 15 is 0 Å². The number of hydrogen-bond donors (Lipinski definition) is 0. The van der Waals surface area contributed by atoms with Crippen LogP contribution in [-0.2, 0) is 0 Å². The lowest BCUT2D eigenvalue weighted by molar-refractivity contribution is 0.674. The van der Waals surface area contributed by atoms with Gasteiger partial charge < -0.3 is 0 Å². The van der Waals surface area contributed by atoms with Crippen molar-refractivity contribution in [2.75, 3.05) is 7.05 Å². The van der Waals surface area contributed by atoms with Gasteiger partial charge in [-0.2, -0.15) is 0 Å². The van der Waals surface area contributed by atoms with Gasteiger partial charge >= 0.3 is 0 Å². The van der Waals surface area contributed by atoms with E-state index in [1.165, 1.54) is 33.4 Å². The fraction of sp³-hybridized carbons (Fsp3) is 0.192.